The lowest BCUT2D eigenvalue weighted by Crippen LogP contribution is -2.63. The number of barbiturate groups is 1. The molecule has 1 N–H and O–H groups in total. The second-order valence-electron chi connectivity index (χ2n) is 5.33. The lowest BCUT2D eigenvalue weighted by molar-refractivity contribution is -0.152. The molecule has 1 aliphatic heterocycles. The van der Waals surface area contributed by atoms with Crippen molar-refractivity contribution in [2.75, 3.05) is 6.54 Å². The van der Waals surface area contributed by atoms with Gasteiger partial charge in [-0.05, 0) is 25.2 Å². The minimum atomic E-state index is -1.11. The fourth-order valence-corrected chi connectivity index (χ4v) is 2.27. The highest BCUT2D eigenvalue weighted by Gasteiger charge is 2.51. The van der Waals surface area contributed by atoms with Crippen molar-refractivity contribution in [3.05, 3.63) is 12.7 Å². The highest BCUT2D eigenvalue weighted by molar-refractivity contribution is 6.19. The fraction of sp³-hybridized carbons (Fsp3) is 0.643. The second kappa shape index (κ2) is 5.99. The van der Waals surface area contributed by atoms with E-state index in [9.17, 15) is 14.4 Å². The molecule has 1 unspecified atom stereocenters. The summed E-state index contributed by atoms with van der Waals surface area (Å²) in [5.41, 5.74) is -1.11. The highest BCUT2D eigenvalue weighted by atomic mass is 16.2. The minimum Gasteiger partial charge on any atom is -0.277 e. The highest BCUT2D eigenvalue weighted by Crippen LogP contribution is 2.35. The Bertz CT molecular complexity index is 403. The Morgan fingerprint density at radius 2 is 2.00 bits per heavy atom. The molecule has 1 heterocycles. The zero-order valence-corrected chi connectivity index (χ0v) is 11.9. The molecule has 0 radical (unpaired) electrons. The first-order chi connectivity index (χ1) is 8.89. The van der Waals surface area contributed by atoms with Crippen LogP contribution in [0.4, 0.5) is 4.79 Å². The molecule has 4 amide bonds. The van der Waals surface area contributed by atoms with Gasteiger partial charge in [-0.1, -0.05) is 26.8 Å². The molecule has 1 atom stereocenters. The van der Waals surface area contributed by atoms with E-state index in [-0.39, 0.29) is 6.54 Å². The summed E-state index contributed by atoms with van der Waals surface area (Å²) in [7, 11) is 0. The number of hydrogen-bond acceptors (Lipinski definition) is 3. The molecule has 0 aromatic heterocycles. The topological polar surface area (TPSA) is 66.5 Å². The predicted molar refractivity (Wildman–Crippen MR) is 72.2 cm³/mol. The molecule has 1 rings (SSSR count). The van der Waals surface area contributed by atoms with Crippen molar-refractivity contribution in [2.45, 2.75) is 40.0 Å². The van der Waals surface area contributed by atoms with E-state index in [2.05, 4.69) is 11.9 Å². The first kappa shape index (κ1) is 15.4. The number of nitrogens with zero attached hydrogens (tertiary/aromatic N) is 1. The van der Waals surface area contributed by atoms with Gasteiger partial charge >= 0.3 is 6.03 Å². The Kier molecular flexibility index (Phi) is 4.86. The molecule has 1 saturated heterocycles. The van der Waals surface area contributed by atoms with E-state index in [0.29, 0.717) is 18.8 Å². The van der Waals surface area contributed by atoms with Crippen molar-refractivity contribution in [3.63, 3.8) is 0 Å². The number of rotatable bonds is 6. The second-order valence-corrected chi connectivity index (χ2v) is 5.33. The van der Waals surface area contributed by atoms with Gasteiger partial charge in [0.05, 0.1) is 0 Å². The largest absolute Gasteiger partial charge is 0.331 e. The van der Waals surface area contributed by atoms with Gasteiger partial charge in [0.1, 0.15) is 5.41 Å². The minimum absolute atomic E-state index is 0.126. The number of nitrogens with one attached hydrogen (secondary N) is 1. The van der Waals surface area contributed by atoms with E-state index in [4.69, 9.17) is 0 Å². The molecule has 0 saturated carbocycles. The van der Waals surface area contributed by atoms with E-state index in [1.807, 2.05) is 13.8 Å². The zero-order chi connectivity index (χ0) is 14.6. The van der Waals surface area contributed by atoms with E-state index >= 15 is 0 Å². The molecule has 19 heavy (non-hydrogen) atoms. The van der Waals surface area contributed by atoms with E-state index in [0.717, 1.165) is 11.3 Å². The number of amides is 4. The van der Waals surface area contributed by atoms with Crippen LogP contribution in [0.5, 0.6) is 0 Å². The van der Waals surface area contributed by atoms with Crippen LogP contribution in [0.2, 0.25) is 0 Å². The van der Waals surface area contributed by atoms with Crippen molar-refractivity contribution in [3.8, 4) is 0 Å². The van der Waals surface area contributed by atoms with Crippen LogP contribution in [0.1, 0.15) is 40.0 Å². The summed E-state index contributed by atoms with van der Waals surface area (Å²) >= 11 is 0. The van der Waals surface area contributed by atoms with Crippen LogP contribution in [0.25, 0.3) is 0 Å². The Hall–Kier alpha value is -1.65. The quantitative estimate of drug-likeness (QED) is 0.591. The van der Waals surface area contributed by atoms with E-state index in [1.54, 1.807) is 6.92 Å². The number of urea groups is 1. The van der Waals surface area contributed by atoms with Gasteiger partial charge in [-0.25, -0.2) is 4.79 Å². The Labute approximate surface area is 114 Å². The third kappa shape index (κ3) is 2.85. The van der Waals surface area contributed by atoms with Gasteiger partial charge in [-0.15, -0.1) is 6.58 Å². The fourth-order valence-electron chi connectivity index (χ4n) is 2.27. The molecule has 0 aromatic rings. The molecular weight excluding hydrogens is 244 g/mol. The summed E-state index contributed by atoms with van der Waals surface area (Å²) < 4.78 is 0. The van der Waals surface area contributed by atoms with Gasteiger partial charge in [0.25, 0.3) is 0 Å². The number of hydrogen-bond donors (Lipinski definition) is 1. The van der Waals surface area contributed by atoms with Crippen LogP contribution in [0, 0.1) is 11.3 Å². The van der Waals surface area contributed by atoms with Crippen LogP contribution in [-0.2, 0) is 9.59 Å². The Balaban J connectivity index is 3.05. The van der Waals surface area contributed by atoms with Crippen LogP contribution < -0.4 is 5.32 Å². The van der Waals surface area contributed by atoms with Crippen molar-refractivity contribution in [1.29, 1.82) is 0 Å². The number of imide groups is 2. The average Bonchev–Trinajstić information content (AvgIpc) is 2.35. The van der Waals surface area contributed by atoms with E-state index in [1.165, 1.54) is 6.08 Å². The summed E-state index contributed by atoms with van der Waals surface area (Å²) in [6, 6.07) is -0.650. The molecule has 0 aromatic carbocycles. The van der Waals surface area contributed by atoms with Gasteiger partial charge in [-0.3, -0.25) is 19.8 Å². The third-order valence-electron chi connectivity index (χ3n) is 3.62. The molecule has 5 heteroatoms. The molecule has 0 aliphatic carbocycles. The normalized spacial score (nSPS) is 23.8. The van der Waals surface area contributed by atoms with Crippen molar-refractivity contribution in [2.24, 2.45) is 11.3 Å². The van der Waals surface area contributed by atoms with Gasteiger partial charge in [-0.2, -0.15) is 0 Å². The van der Waals surface area contributed by atoms with Crippen molar-refractivity contribution in [1.82, 2.24) is 10.2 Å². The maximum absolute atomic E-state index is 12.5. The monoisotopic (exact) mass is 266 g/mol. The van der Waals surface area contributed by atoms with Gasteiger partial charge < -0.3 is 0 Å². The first-order valence-corrected chi connectivity index (χ1v) is 6.67. The van der Waals surface area contributed by atoms with Crippen molar-refractivity contribution >= 4 is 17.8 Å². The molecule has 0 bridgehead atoms. The Morgan fingerprint density at radius 1 is 1.37 bits per heavy atom. The predicted octanol–water partition coefficient (Wildman–Crippen LogP) is 2.08. The van der Waals surface area contributed by atoms with Crippen LogP contribution in [0.3, 0.4) is 0 Å². The summed E-state index contributed by atoms with van der Waals surface area (Å²) in [6.45, 7) is 9.55. The Morgan fingerprint density at radius 3 is 2.47 bits per heavy atom. The molecule has 0 spiro atoms. The molecule has 1 aliphatic rings. The number of carbonyl (C=O) groups is 3. The van der Waals surface area contributed by atoms with Crippen molar-refractivity contribution < 1.29 is 14.4 Å². The lowest BCUT2D eigenvalue weighted by Gasteiger charge is -2.38. The maximum atomic E-state index is 12.5. The summed E-state index contributed by atoms with van der Waals surface area (Å²) in [5, 5.41) is 2.29. The first-order valence-electron chi connectivity index (χ1n) is 6.67. The van der Waals surface area contributed by atoms with Gasteiger partial charge in [0.2, 0.25) is 11.8 Å². The lowest BCUT2D eigenvalue weighted by atomic mass is 9.75. The smallest absolute Gasteiger partial charge is 0.277 e. The molecular formula is C14H22N2O3. The molecule has 5 nitrogen and oxygen atoms in total. The summed E-state index contributed by atoms with van der Waals surface area (Å²) in [6.07, 6.45) is 3.11. The number of carbonyl (C=O) groups excluding carboxylic acids is 3. The third-order valence-corrected chi connectivity index (χ3v) is 3.62. The zero-order valence-electron chi connectivity index (χ0n) is 11.9. The van der Waals surface area contributed by atoms with Gasteiger partial charge in [0.15, 0.2) is 0 Å². The maximum Gasteiger partial charge on any atom is 0.331 e. The van der Waals surface area contributed by atoms with Gasteiger partial charge in [0, 0.05) is 6.54 Å². The van der Waals surface area contributed by atoms with Crippen LogP contribution >= 0.6 is 0 Å². The summed E-state index contributed by atoms with van der Waals surface area (Å²) in [5.74, 6) is -0.468. The van der Waals surface area contributed by atoms with Crippen LogP contribution in [-0.4, -0.2) is 29.3 Å². The van der Waals surface area contributed by atoms with Crippen LogP contribution in [0.15, 0.2) is 12.7 Å². The molecule has 106 valence electrons. The SMILES string of the molecule is C=CCN1C(=O)NC(=O)C(CC)(CCC(C)C)C1=O. The standard InChI is InChI=1S/C14H22N2O3/c1-5-9-16-12(18)14(6-2,8-7-10(3)4)11(17)15-13(16)19/h5,10H,1,6-9H2,2-4H3,(H,15,17,19). The molecule has 1 fully saturated rings. The van der Waals surface area contributed by atoms with E-state index < -0.39 is 23.3 Å². The average molecular weight is 266 g/mol. The summed E-state index contributed by atoms with van der Waals surface area (Å²) in [4.78, 5) is 37.4.